The van der Waals surface area contributed by atoms with Crippen molar-refractivity contribution in [3.05, 3.63) is 146 Å². The third-order valence-corrected chi connectivity index (χ3v) is 14.9. The second kappa shape index (κ2) is 32.5. The highest BCUT2D eigenvalue weighted by molar-refractivity contribution is 7.20. The number of unbranched alkanes of at least 4 members (excludes halogenated alkanes) is 22. The third kappa shape index (κ3) is 16.1. The van der Waals surface area contributed by atoms with E-state index in [-0.39, 0.29) is 0 Å². The van der Waals surface area contributed by atoms with E-state index in [1.807, 2.05) is 0 Å². The van der Waals surface area contributed by atoms with E-state index >= 15 is 35.1 Å². The van der Waals surface area contributed by atoms with Crippen molar-refractivity contribution in [1.29, 1.82) is 0 Å². The van der Waals surface area contributed by atoms with E-state index in [1.165, 1.54) is 178 Å². The summed E-state index contributed by atoms with van der Waals surface area (Å²) in [5.74, 6) is -71.4. The number of quaternary nitrogens is 1. The molecule has 0 saturated heterocycles. The second-order valence-electron chi connectivity index (χ2n) is 20.6. The molecule has 0 fully saturated rings. The Hall–Kier alpha value is -5.28. The Balaban J connectivity index is 0.000000358. The minimum absolute atomic E-state index is 1.26. The van der Waals surface area contributed by atoms with Gasteiger partial charge in [-0.05, 0) is 43.4 Å². The van der Waals surface area contributed by atoms with Crippen LogP contribution >= 0.6 is 0 Å². The van der Waals surface area contributed by atoms with Crippen LogP contribution in [0.5, 0.6) is 0 Å². The zero-order valence-corrected chi connectivity index (χ0v) is 45.3. The quantitative estimate of drug-likeness (QED) is 0.0148. The van der Waals surface area contributed by atoms with Crippen LogP contribution in [-0.2, 0) is 6.42 Å². The van der Waals surface area contributed by atoms with Crippen LogP contribution in [0.4, 0.5) is 93.5 Å². The lowest BCUT2D eigenvalue weighted by Crippen LogP contribution is -3.03. The summed E-state index contributed by atoms with van der Waals surface area (Å²) in [4.78, 5) is 1.58. The first-order valence-electron chi connectivity index (χ1n) is 27.6. The largest absolute Gasteiger partial charge is 0.305 e. The van der Waals surface area contributed by atoms with Crippen LogP contribution in [-0.4, -0.2) is 19.7 Å². The van der Waals surface area contributed by atoms with Crippen molar-refractivity contribution in [2.45, 2.75) is 174 Å². The molecule has 1 unspecified atom stereocenters. The van der Waals surface area contributed by atoms with Crippen molar-refractivity contribution in [3.63, 3.8) is 0 Å². The van der Waals surface area contributed by atoms with Gasteiger partial charge in [-0.25, -0.2) is 87.8 Å². The fraction of sp³-hybridized carbons (Fsp3) is 0.492. The van der Waals surface area contributed by atoms with Gasteiger partial charge in [-0.3, -0.25) is 0 Å². The van der Waals surface area contributed by atoms with Gasteiger partial charge in [0.25, 0.3) is 0 Å². The normalized spacial score (nSPS) is 12.1. The van der Waals surface area contributed by atoms with Gasteiger partial charge in [0.1, 0.15) is 58.4 Å². The summed E-state index contributed by atoms with van der Waals surface area (Å²) in [7, 11) is 2.35. The number of halogens is 20. The van der Waals surface area contributed by atoms with Gasteiger partial charge in [-0.2, -0.15) is 0 Å². The van der Waals surface area contributed by atoms with Crippen LogP contribution in [0.2, 0.25) is 0 Å². The standard InChI is InChI=1S/C35H65N.C24BF20/c1-4-6-8-10-12-14-15-16-17-18-19-20-21-23-25-27-33-36(3)35-31-29-34(30-32-35)28-26-24-22-13-11-9-7-5-2;26-5-1(6(27)14(35)21(42)13(5)34)25(2-7(28)15(36)22(43)16(37)8(2)29,3-9(30)17(38)23(44)18(39)10(3)31)4-11(32)19(40)24(45)20(41)12(4)33/h29-32H,4-28,33H2,1-3H3;/q;-1/p+1. The Morgan fingerprint density at radius 1 is 0.259 bits per heavy atom. The predicted octanol–water partition coefficient (Wildman–Crippen LogP) is 16.6. The molecule has 0 aliphatic carbocycles. The van der Waals surface area contributed by atoms with E-state index < -0.39 is 144 Å². The lowest BCUT2D eigenvalue weighted by atomic mass is 9.12. The minimum atomic E-state index is -7.22. The third-order valence-electron chi connectivity index (χ3n) is 14.9. The van der Waals surface area contributed by atoms with E-state index in [0.717, 1.165) is 0 Å². The summed E-state index contributed by atoms with van der Waals surface area (Å²) in [6.07, 6.45) is 28.5. The number of nitrogens with one attached hydrogen (secondary N) is 1. The Kier molecular flexibility index (Phi) is 27.4. The van der Waals surface area contributed by atoms with Gasteiger partial charge in [-0.15, -0.1) is 21.9 Å². The van der Waals surface area contributed by atoms with E-state index in [9.17, 15) is 52.7 Å². The Morgan fingerprint density at radius 3 is 0.691 bits per heavy atom. The molecule has 0 spiro atoms. The maximum Gasteiger partial charge on any atom is 0.200 e. The molecule has 0 aliphatic heterocycles. The van der Waals surface area contributed by atoms with Crippen LogP contribution < -0.4 is 26.8 Å². The topological polar surface area (TPSA) is 4.44 Å². The molecular formula is C59H66BF20N. The predicted molar refractivity (Wildman–Crippen MR) is 273 cm³/mol. The van der Waals surface area contributed by atoms with Gasteiger partial charge in [0.2, 0.25) is 0 Å². The summed E-state index contributed by atoms with van der Waals surface area (Å²) in [5.41, 5.74) is -11.3. The Morgan fingerprint density at radius 2 is 0.457 bits per heavy atom. The molecule has 0 heterocycles. The van der Waals surface area contributed by atoms with Gasteiger partial charge >= 0.3 is 0 Å². The van der Waals surface area contributed by atoms with Crippen LogP contribution in [0, 0.1) is 116 Å². The lowest BCUT2D eigenvalue weighted by molar-refractivity contribution is -0.810. The van der Waals surface area contributed by atoms with Crippen LogP contribution in [0.25, 0.3) is 0 Å². The zero-order chi connectivity index (χ0) is 60.3. The highest BCUT2D eigenvalue weighted by atomic mass is 19.2. The first-order chi connectivity index (χ1) is 38.5. The summed E-state index contributed by atoms with van der Waals surface area (Å²) in [6.45, 7) is 5.88. The van der Waals surface area contributed by atoms with Crippen molar-refractivity contribution in [2.24, 2.45) is 0 Å². The second-order valence-corrected chi connectivity index (χ2v) is 20.6. The van der Waals surface area contributed by atoms with Crippen molar-refractivity contribution in [3.8, 4) is 0 Å². The summed E-state index contributed by atoms with van der Waals surface area (Å²) < 4.78 is 294. The number of benzene rings is 5. The summed E-state index contributed by atoms with van der Waals surface area (Å²) in [6, 6.07) is 9.52. The van der Waals surface area contributed by atoms with Gasteiger partial charge in [0, 0.05) is 0 Å². The molecule has 0 bridgehead atoms. The first-order valence-corrected chi connectivity index (χ1v) is 27.6. The van der Waals surface area contributed by atoms with Gasteiger partial charge in [0.05, 0.1) is 13.6 Å². The van der Waals surface area contributed by atoms with Crippen molar-refractivity contribution in [2.75, 3.05) is 13.6 Å². The fourth-order valence-electron chi connectivity index (χ4n) is 10.4. The maximum absolute atomic E-state index is 15.4. The lowest BCUT2D eigenvalue weighted by Gasteiger charge is -2.44. The fourth-order valence-corrected chi connectivity index (χ4v) is 10.4. The molecule has 5 aromatic rings. The van der Waals surface area contributed by atoms with E-state index in [0.29, 0.717) is 0 Å². The summed E-state index contributed by atoms with van der Waals surface area (Å²) >= 11 is 0. The molecule has 1 atom stereocenters. The van der Waals surface area contributed by atoms with Crippen molar-refractivity contribution in [1.82, 2.24) is 0 Å². The summed E-state index contributed by atoms with van der Waals surface area (Å²) in [5, 5.41) is 0. The minimum Gasteiger partial charge on any atom is -0.305 e. The number of rotatable bonds is 31. The molecule has 22 heteroatoms. The molecule has 5 rings (SSSR count). The number of hydrogen-bond donors (Lipinski definition) is 1. The molecule has 5 aromatic carbocycles. The molecule has 1 nitrogen and oxygen atoms in total. The SMILES string of the molecule is CCCCCCCCCCCCCCCCCC[NH+](C)c1ccc(CCCCCCCCCC)cc1.Fc1c(F)c(F)c([B-](c2c(F)c(F)c(F)c(F)c2F)(c2c(F)c(F)c(F)c(F)c2F)c2c(F)c(F)c(F)c(F)c2F)c(F)c1F. The van der Waals surface area contributed by atoms with Gasteiger partial charge < -0.3 is 4.90 Å². The highest BCUT2D eigenvalue weighted by Gasteiger charge is 2.52. The molecule has 0 amide bonds. The average Bonchev–Trinajstić information content (AvgIpc) is 3.49. The van der Waals surface area contributed by atoms with Crippen molar-refractivity contribution >= 4 is 33.7 Å². The molecule has 0 aliphatic rings. The van der Waals surface area contributed by atoms with Gasteiger partial charge in [0.15, 0.2) is 69.8 Å². The van der Waals surface area contributed by atoms with E-state index in [1.54, 1.807) is 4.90 Å². The highest BCUT2D eigenvalue weighted by Crippen LogP contribution is 2.31. The Labute approximate surface area is 459 Å². The first kappa shape index (κ1) is 68.2. The molecular weight excluding hydrogens is 1110 g/mol. The van der Waals surface area contributed by atoms with Crippen LogP contribution in [0.1, 0.15) is 174 Å². The van der Waals surface area contributed by atoms with Crippen molar-refractivity contribution < 1.29 is 92.7 Å². The smallest absolute Gasteiger partial charge is 0.200 e. The molecule has 1 N–H and O–H groups in total. The van der Waals surface area contributed by atoms with E-state index in [2.05, 4.69) is 45.2 Å². The maximum atomic E-state index is 15.4. The monoisotopic (exact) mass is 1180 g/mol. The zero-order valence-electron chi connectivity index (χ0n) is 45.3. The average molecular weight is 1180 g/mol. The van der Waals surface area contributed by atoms with E-state index in [4.69, 9.17) is 0 Å². The van der Waals surface area contributed by atoms with Crippen LogP contribution in [0.3, 0.4) is 0 Å². The Bertz CT molecular complexity index is 2460. The molecule has 81 heavy (non-hydrogen) atoms. The molecule has 450 valence electrons. The van der Waals surface area contributed by atoms with Crippen LogP contribution in [0.15, 0.2) is 24.3 Å². The number of aryl methyl sites for hydroxylation is 1. The van der Waals surface area contributed by atoms with Gasteiger partial charge in [-0.1, -0.05) is 161 Å². The molecule has 0 saturated carbocycles. The number of hydrogen-bond acceptors (Lipinski definition) is 0. The molecule has 0 aromatic heterocycles. The molecule has 0 radical (unpaired) electrons.